The largest absolute Gasteiger partial charge is 0.451 e. The van der Waals surface area contributed by atoms with Gasteiger partial charge in [-0.3, -0.25) is 19.2 Å². The molecule has 1 aromatic heterocycles. The number of hydrogen-bond donors (Lipinski definition) is 2. The summed E-state index contributed by atoms with van der Waals surface area (Å²) in [6.07, 6.45) is 2.71. The van der Waals surface area contributed by atoms with Crippen molar-refractivity contribution >= 4 is 28.1 Å². The summed E-state index contributed by atoms with van der Waals surface area (Å²) in [6, 6.07) is 28.3. The summed E-state index contributed by atoms with van der Waals surface area (Å²) in [6.45, 7) is 0.0223. The SMILES string of the molecule is CS(=O)(=O)c1cccc(-c2ccc(C(=O)NCNC(=O)C(CCc3ccccc3)CN(C=O)OCc3ccccc3)o2)c1. The maximum Gasteiger partial charge on any atom is 0.288 e. The van der Waals surface area contributed by atoms with Gasteiger partial charge in [0.25, 0.3) is 5.91 Å². The lowest BCUT2D eigenvalue weighted by Crippen LogP contribution is -2.43. The molecule has 3 amide bonds. The Labute approximate surface area is 250 Å². The predicted octanol–water partition coefficient (Wildman–Crippen LogP) is 3.99. The van der Waals surface area contributed by atoms with Crippen LogP contribution in [0.5, 0.6) is 0 Å². The second kappa shape index (κ2) is 14.9. The molecule has 0 aliphatic rings. The fourth-order valence-corrected chi connectivity index (χ4v) is 4.97. The summed E-state index contributed by atoms with van der Waals surface area (Å²) in [5.41, 5.74) is 2.43. The van der Waals surface area contributed by atoms with E-state index in [0.29, 0.717) is 30.6 Å². The molecule has 10 nitrogen and oxygen atoms in total. The van der Waals surface area contributed by atoms with Gasteiger partial charge in [0, 0.05) is 11.8 Å². The maximum atomic E-state index is 13.2. The van der Waals surface area contributed by atoms with Crippen molar-refractivity contribution in [1.82, 2.24) is 15.7 Å². The van der Waals surface area contributed by atoms with Crippen LogP contribution in [-0.4, -0.2) is 51.2 Å². The van der Waals surface area contributed by atoms with Crippen molar-refractivity contribution < 1.29 is 32.1 Å². The molecule has 0 radical (unpaired) electrons. The first kappa shape index (κ1) is 31.2. The van der Waals surface area contributed by atoms with Crippen molar-refractivity contribution in [2.45, 2.75) is 24.3 Å². The topological polar surface area (TPSA) is 135 Å². The van der Waals surface area contributed by atoms with E-state index in [4.69, 9.17) is 9.25 Å². The van der Waals surface area contributed by atoms with Gasteiger partial charge in [0.2, 0.25) is 12.3 Å². The molecule has 0 aliphatic carbocycles. The first-order valence-electron chi connectivity index (χ1n) is 13.6. The molecule has 4 aromatic rings. The second-order valence-electron chi connectivity index (χ2n) is 9.87. The van der Waals surface area contributed by atoms with E-state index in [-0.39, 0.29) is 36.4 Å². The predicted molar refractivity (Wildman–Crippen MR) is 160 cm³/mol. The minimum absolute atomic E-state index is 0.00363. The van der Waals surface area contributed by atoms with Crippen molar-refractivity contribution in [2.75, 3.05) is 19.5 Å². The Morgan fingerprint density at radius 3 is 2.28 bits per heavy atom. The zero-order valence-electron chi connectivity index (χ0n) is 23.6. The lowest BCUT2D eigenvalue weighted by atomic mass is 9.98. The highest BCUT2D eigenvalue weighted by Gasteiger charge is 2.23. The van der Waals surface area contributed by atoms with Crippen LogP contribution in [0.3, 0.4) is 0 Å². The van der Waals surface area contributed by atoms with Crippen LogP contribution in [0, 0.1) is 5.92 Å². The molecule has 4 rings (SSSR count). The summed E-state index contributed by atoms with van der Waals surface area (Å²) in [5, 5.41) is 6.42. The minimum Gasteiger partial charge on any atom is -0.451 e. The van der Waals surface area contributed by atoms with Gasteiger partial charge in [0.15, 0.2) is 15.6 Å². The molecule has 1 unspecified atom stereocenters. The standard InChI is InChI=1S/C32H33N3O7S/c1-43(39,40)28-14-8-13-26(19-28)29-17-18-30(42-29)32(38)34-22-33-31(37)27(16-15-24-9-4-2-5-10-24)20-35(23-36)41-21-25-11-6-3-7-12-25/h2-14,17-19,23,27H,15-16,20-22H2,1H3,(H,33,37)(H,34,38). The van der Waals surface area contributed by atoms with Gasteiger partial charge < -0.3 is 15.1 Å². The van der Waals surface area contributed by atoms with Gasteiger partial charge in [0.1, 0.15) is 12.4 Å². The normalized spacial score (nSPS) is 11.8. The van der Waals surface area contributed by atoms with Crippen LogP contribution in [0.1, 0.15) is 28.1 Å². The summed E-state index contributed by atoms with van der Waals surface area (Å²) in [4.78, 5) is 43.4. The Hall–Kier alpha value is -4.74. The van der Waals surface area contributed by atoms with Crippen LogP contribution in [-0.2, 0) is 37.3 Å². The number of carbonyl (C=O) groups is 3. The van der Waals surface area contributed by atoms with Crippen molar-refractivity contribution in [1.29, 1.82) is 0 Å². The van der Waals surface area contributed by atoms with E-state index < -0.39 is 21.7 Å². The van der Waals surface area contributed by atoms with E-state index in [2.05, 4.69) is 10.6 Å². The van der Waals surface area contributed by atoms with Crippen molar-refractivity contribution in [3.63, 3.8) is 0 Å². The van der Waals surface area contributed by atoms with Gasteiger partial charge in [0.05, 0.1) is 24.0 Å². The molecule has 11 heteroatoms. The first-order valence-corrected chi connectivity index (χ1v) is 15.5. The molecule has 0 saturated heterocycles. The molecule has 0 aliphatic heterocycles. The lowest BCUT2D eigenvalue weighted by Gasteiger charge is -2.23. The summed E-state index contributed by atoms with van der Waals surface area (Å²) in [7, 11) is -3.41. The van der Waals surface area contributed by atoms with Gasteiger partial charge in [-0.1, -0.05) is 72.8 Å². The highest BCUT2D eigenvalue weighted by Crippen LogP contribution is 2.24. The van der Waals surface area contributed by atoms with Crippen molar-refractivity contribution in [3.8, 4) is 11.3 Å². The molecule has 3 aromatic carbocycles. The van der Waals surface area contributed by atoms with Gasteiger partial charge in [-0.15, -0.1) is 0 Å². The van der Waals surface area contributed by atoms with Crippen LogP contribution in [0.2, 0.25) is 0 Å². The van der Waals surface area contributed by atoms with Gasteiger partial charge in [-0.2, -0.15) is 0 Å². The quantitative estimate of drug-likeness (QED) is 0.119. The molecular formula is C32H33N3O7S. The Morgan fingerprint density at radius 2 is 1.60 bits per heavy atom. The first-order chi connectivity index (χ1) is 20.7. The van der Waals surface area contributed by atoms with Crippen molar-refractivity contribution in [3.05, 3.63) is 114 Å². The van der Waals surface area contributed by atoms with Crippen LogP contribution in [0.4, 0.5) is 0 Å². The number of nitrogens with zero attached hydrogens (tertiary/aromatic N) is 1. The fraction of sp³-hybridized carbons (Fsp3) is 0.219. The number of nitrogens with one attached hydrogen (secondary N) is 2. The number of carbonyl (C=O) groups excluding carboxylic acids is 3. The number of hydroxylamine groups is 2. The summed E-state index contributed by atoms with van der Waals surface area (Å²) in [5.74, 6) is -1.21. The zero-order chi connectivity index (χ0) is 30.7. The Morgan fingerprint density at radius 1 is 0.907 bits per heavy atom. The molecule has 2 N–H and O–H groups in total. The number of benzene rings is 3. The van der Waals surface area contributed by atoms with Gasteiger partial charge >= 0.3 is 0 Å². The molecule has 0 spiro atoms. The fourth-order valence-electron chi connectivity index (χ4n) is 4.30. The number of amides is 3. The van der Waals surface area contributed by atoms with E-state index in [0.717, 1.165) is 22.4 Å². The van der Waals surface area contributed by atoms with E-state index in [1.54, 1.807) is 18.2 Å². The highest BCUT2D eigenvalue weighted by molar-refractivity contribution is 7.90. The smallest absolute Gasteiger partial charge is 0.288 e. The molecule has 0 saturated carbocycles. The van der Waals surface area contributed by atoms with Crippen LogP contribution in [0.25, 0.3) is 11.3 Å². The van der Waals surface area contributed by atoms with E-state index in [1.165, 1.54) is 18.2 Å². The third-order valence-corrected chi connectivity index (χ3v) is 7.75. The number of aryl methyl sites for hydroxylation is 1. The Balaban J connectivity index is 1.35. The third kappa shape index (κ3) is 9.38. The molecule has 0 bridgehead atoms. The number of sulfone groups is 1. The minimum atomic E-state index is -3.41. The average Bonchev–Trinajstić information content (AvgIpc) is 3.52. The maximum absolute atomic E-state index is 13.2. The third-order valence-electron chi connectivity index (χ3n) is 6.64. The molecular weight excluding hydrogens is 570 g/mol. The highest BCUT2D eigenvalue weighted by atomic mass is 32.2. The van der Waals surface area contributed by atoms with Crippen molar-refractivity contribution in [2.24, 2.45) is 5.92 Å². The number of rotatable bonds is 15. The number of hydrogen-bond acceptors (Lipinski definition) is 7. The molecule has 0 fully saturated rings. The summed E-state index contributed by atoms with van der Waals surface area (Å²) < 4.78 is 29.4. The van der Waals surface area contributed by atoms with Crippen LogP contribution >= 0.6 is 0 Å². The lowest BCUT2D eigenvalue weighted by molar-refractivity contribution is -0.182. The molecule has 43 heavy (non-hydrogen) atoms. The Kier molecular flexibility index (Phi) is 10.8. The summed E-state index contributed by atoms with van der Waals surface area (Å²) >= 11 is 0. The van der Waals surface area contributed by atoms with Gasteiger partial charge in [-0.25, -0.2) is 13.5 Å². The van der Waals surface area contributed by atoms with E-state index in [1.807, 2.05) is 60.7 Å². The monoisotopic (exact) mass is 603 g/mol. The number of furan rings is 1. The second-order valence-corrected chi connectivity index (χ2v) is 11.9. The molecule has 224 valence electrons. The van der Waals surface area contributed by atoms with E-state index in [9.17, 15) is 22.8 Å². The zero-order valence-corrected chi connectivity index (χ0v) is 24.5. The van der Waals surface area contributed by atoms with E-state index >= 15 is 0 Å². The Bertz CT molecular complexity index is 1620. The molecule has 1 heterocycles. The van der Waals surface area contributed by atoms with Gasteiger partial charge in [-0.05, 0) is 48.2 Å². The van der Waals surface area contributed by atoms with Crippen LogP contribution < -0.4 is 10.6 Å². The van der Waals surface area contributed by atoms with Crippen LogP contribution in [0.15, 0.2) is 106 Å². The molecule has 1 atom stereocenters. The average molecular weight is 604 g/mol.